The normalized spacial score (nSPS) is 160. The number of fused-ring (bicyclic) bond motifs is 20. The quantitative estimate of drug-likeness (QED) is 0.421. The van der Waals surface area contributed by atoms with Crippen molar-refractivity contribution in [1.82, 2.24) is 0 Å². The molecule has 0 aliphatic carbocycles. The maximum absolute atomic E-state index is 2.86. The molecule has 0 aromatic rings. The molecule has 8 atom stereocenters. The van der Waals surface area contributed by atoms with Crippen molar-refractivity contribution in [2.45, 2.75) is 109 Å². The van der Waals surface area contributed by atoms with E-state index >= 15 is 0 Å². The molecule has 0 radical (unpaired) electrons. The second-order valence-electron chi connectivity index (χ2n) is 20.4. The summed E-state index contributed by atoms with van der Waals surface area (Å²) in [6.07, 6.45) is 1.76. The van der Waals surface area contributed by atoms with Crippen LogP contribution in [0.2, 0.25) is 95.3 Å². The Morgan fingerprint density at radius 2 is 0.800 bits per heavy atom. The summed E-state index contributed by atoms with van der Waals surface area (Å²) in [4.78, 5) is 29.0. The van der Waals surface area contributed by atoms with Crippen molar-refractivity contribution >= 4 is 0 Å². The first kappa shape index (κ1) is 8.05. The van der Waals surface area contributed by atoms with Crippen LogP contribution >= 0.6 is 0 Å². The Hall–Kier alpha value is 1.04. The zero-order valence-electron chi connectivity index (χ0n) is 14.4. The van der Waals surface area contributed by atoms with Crippen molar-refractivity contribution in [3.63, 3.8) is 0 Å². The van der Waals surface area contributed by atoms with E-state index in [9.17, 15) is 0 Å². The fourth-order valence-corrected chi connectivity index (χ4v) is 187. The van der Waals surface area contributed by atoms with Crippen LogP contribution < -0.4 is 0 Å². The summed E-state index contributed by atoms with van der Waals surface area (Å²) >= 11 is 0. The fourth-order valence-electron chi connectivity index (χ4n) is 35.6. The molecule has 0 N–H and O–H groups in total. The van der Waals surface area contributed by atoms with Gasteiger partial charge in [-0.15, -0.1) is 0 Å². The average molecular weight is 412 g/mol. The summed E-state index contributed by atoms with van der Waals surface area (Å²) in [6, 6.07) is 0. The molecular formula is C23H24Fe2. The van der Waals surface area contributed by atoms with Gasteiger partial charge in [-0.3, -0.25) is 0 Å². The van der Waals surface area contributed by atoms with Crippen molar-refractivity contribution in [3.8, 4) is 0 Å². The van der Waals surface area contributed by atoms with E-state index in [4.69, 9.17) is 0 Å². The van der Waals surface area contributed by atoms with Gasteiger partial charge in [0.1, 0.15) is 0 Å². The van der Waals surface area contributed by atoms with Crippen LogP contribution in [0.15, 0.2) is 0 Å². The van der Waals surface area contributed by atoms with Crippen molar-refractivity contribution in [2.75, 3.05) is 0 Å². The molecule has 0 bridgehead atoms. The molecule has 8 unspecified atom stereocenters. The summed E-state index contributed by atoms with van der Waals surface area (Å²) in [6.45, 7) is -2.93. The standard InChI is InChI=1S/C13H14.2C5H5.2Fe/c1-2-13(11-7-3-4-8-11)12-9-5-6-10-12;2*1-2-4-5-3-1;;/h3-10,13H,2H2,1H3;2*1-5H;;. The molecule has 0 amide bonds. The zero-order chi connectivity index (χ0) is 14.3. The predicted molar refractivity (Wildman–Crippen MR) is 86.7 cm³/mol. The molecule has 20 aliphatic rings. The molecule has 0 nitrogen and oxygen atoms in total. The molecule has 20 heterocycles. The monoisotopic (exact) mass is 412 g/mol. The first-order chi connectivity index (χ1) is 11.8. The van der Waals surface area contributed by atoms with E-state index in [0.29, 0.717) is 0 Å². The topological polar surface area (TPSA) is 0 Å². The van der Waals surface area contributed by atoms with Crippen molar-refractivity contribution in [1.29, 1.82) is 0 Å². The van der Waals surface area contributed by atoms with Gasteiger partial charge in [-0.1, -0.05) is 0 Å². The summed E-state index contributed by atoms with van der Waals surface area (Å²) in [5, 5.41) is 0. The predicted octanol–water partition coefficient (Wildman–Crippen LogP) is 7.53. The first-order valence-electron chi connectivity index (χ1n) is 12.2. The third kappa shape index (κ3) is 0.0683. The van der Waals surface area contributed by atoms with Crippen LogP contribution in [0.25, 0.3) is 0 Å². The molecule has 2 heteroatoms. The van der Waals surface area contributed by atoms with Gasteiger partial charge in [0, 0.05) is 0 Å². The van der Waals surface area contributed by atoms with Gasteiger partial charge in [0.25, 0.3) is 0 Å². The van der Waals surface area contributed by atoms with Crippen LogP contribution in [-0.4, -0.2) is 0 Å². The molecule has 0 aromatic heterocycles. The molecule has 25 heavy (non-hydrogen) atoms. The van der Waals surface area contributed by atoms with Crippen LogP contribution in [0.3, 0.4) is 0 Å². The van der Waals surface area contributed by atoms with Gasteiger partial charge in [0.05, 0.1) is 0 Å². The molecule has 132 valence electrons. The molecule has 2 spiro atoms. The van der Waals surface area contributed by atoms with Gasteiger partial charge >= 0.3 is 128 Å². The van der Waals surface area contributed by atoms with Crippen molar-refractivity contribution in [2.24, 2.45) is 5.92 Å². The van der Waals surface area contributed by atoms with Gasteiger partial charge < -0.3 is 0 Å². The molecule has 0 aromatic carbocycles. The Labute approximate surface area is 127 Å². The summed E-state index contributed by atoms with van der Waals surface area (Å²) in [7, 11) is 0. The van der Waals surface area contributed by atoms with E-state index in [2.05, 4.69) is 6.92 Å². The SMILES string of the molecule is CCC([C]12[CH]3[CH]4[CH]5[CH]1[Fe]45321678[CH]2[CH]1[CH]6[CH]7[CH]28)[C]12[CH]3[CH]4[CH]5[CH]1[Fe]45321678[CH]2[CH]1[CH]6[CH]7[CH]28. The van der Waals surface area contributed by atoms with Gasteiger partial charge in [-0.2, -0.15) is 0 Å². The Kier molecular flexibility index (Phi) is 0.180. The van der Waals surface area contributed by atoms with Crippen LogP contribution in [-0.2, 0) is 13.0 Å². The second-order valence-corrected chi connectivity index (χ2v) is 67.6. The number of hydrogen-bond donors (Lipinski definition) is 0. The number of rotatable bonds is 3. The molecule has 20 rings (SSSR count). The van der Waals surface area contributed by atoms with Gasteiger partial charge in [-0.05, 0) is 0 Å². The Morgan fingerprint density at radius 1 is 0.520 bits per heavy atom. The van der Waals surface area contributed by atoms with Crippen LogP contribution in [0.1, 0.15) is 13.3 Å². The third-order valence-corrected chi connectivity index (χ3v) is 116. The minimum absolute atomic E-state index is 1.31. The molecule has 20 fully saturated rings. The Balaban J connectivity index is 1.18. The zero-order valence-corrected chi connectivity index (χ0v) is 16.6. The van der Waals surface area contributed by atoms with Gasteiger partial charge in [0.15, 0.2) is 0 Å². The van der Waals surface area contributed by atoms with E-state index in [0.717, 1.165) is 0 Å². The Bertz CT molecular complexity index is 1720. The summed E-state index contributed by atoms with van der Waals surface area (Å²) < 4.78 is 2.62. The summed E-state index contributed by atoms with van der Waals surface area (Å²) in [5.41, 5.74) is 0. The summed E-state index contributed by atoms with van der Waals surface area (Å²) in [5.74, 6) is 1.49. The van der Waals surface area contributed by atoms with E-state index in [-0.39, 0.29) is 0 Å². The minimum atomic E-state index is -2.86. The molecule has 20 saturated heterocycles. The van der Waals surface area contributed by atoms with E-state index < -0.39 is 13.0 Å². The van der Waals surface area contributed by atoms with Crippen molar-refractivity contribution < 1.29 is 13.0 Å². The van der Waals surface area contributed by atoms with Crippen LogP contribution in [0, 0.1) is 5.92 Å². The molecule has 20 aliphatic heterocycles. The van der Waals surface area contributed by atoms with Crippen molar-refractivity contribution in [3.05, 3.63) is 0 Å². The van der Waals surface area contributed by atoms with Crippen LogP contribution in [0.4, 0.5) is 0 Å². The molecular weight excluding hydrogens is 388 g/mol. The maximum atomic E-state index is 2.79. The fraction of sp³-hybridized carbons (Fsp3) is 1.00. The first-order valence-corrected chi connectivity index (χ1v) is 24.8. The average Bonchev–Trinajstić information content (AvgIpc) is 3.51. The van der Waals surface area contributed by atoms with E-state index in [1.165, 1.54) is 14.5 Å². The Morgan fingerprint density at radius 3 is 0.920 bits per heavy atom. The van der Waals surface area contributed by atoms with Gasteiger partial charge in [-0.25, -0.2) is 0 Å². The second kappa shape index (κ2) is 0.558. The van der Waals surface area contributed by atoms with Crippen LogP contribution in [0.5, 0.6) is 0 Å². The van der Waals surface area contributed by atoms with E-state index in [1.54, 1.807) is 93.1 Å². The number of hydrogen-bond acceptors (Lipinski definition) is 0. The third-order valence-electron chi connectivity index (χ3n) is 31.0. The van der Waals surface area contributed by atoms with E-state index in [1.807, 2.05) is 0 Å². The van der Waals surface area contributed by atoms with Gasteiger partial charge in [0.2, 0.25) is 0 Å². The molecule has 0 saturated carbocycles.